The molecule has 18 heavy (non-hydrogen) atoms. The Labute approximate surface area is 106 Å². The molecule has 1 aromatic rings. The average Bonchev–Trinajstić information content (AvgIpc) is 3.18. The van der Waals surface area contributed by atoms with Gasteiger partial charge in [0.25, 0.3) is 5.69 Å². The normalized spacial score (nSPS) is 14.5. The molecule has 0 radical (unpaired) electrons. The smallest absolute Gasteiger partial charge is 0.287 e. The van der Waals surface area contributed by atoms with Gasteiger partial charge in [0, 0.05) is 26.3 Å². The third-order valence-electron chi connectivity index (χ3n) is 2.96. The van der Waals surface area contributed by atoms with Gasteiger partial charge in [-0.25, -0.2) is 4.98 Å². The summed E-state index contributed by atoms with van der Waals surface area (Å²) in [5.41, 5.74) is 0.0112. The first-order valence-corrected chi connectivity index (χ1v) is 6.06. The Morgan fingerprint density at radius 3 is 2.89 bits per heavy atom. The quantitative estimate of drug-likeness (QED) is 0.420. The lowest BCUT2D eigenvalue weighted by Gasteiger charge is -2.17. The topological polar surface area (TPSA) is 68.5 Å². The van der Waals surface area contributed by atoms with E-state index < -0.39 is 4.92 Å². The molecule has 1 fully saturated rings. The summed E-state index contributed by atoms with van der Waals surface area (Å²) in [4.78, 5) is 16.0. The maximum atomic E-state index is 10.5. The molecular weight excluding hydrogens is 234 g/mol. The highest BCUT2D eigenvalue weighted by molar-refractivity contribution is 5.41. The Morgan fingerprint density at radius 2 is 2.33 bits per heavy atom. The summed E-state index contributed by atoms with van der Waals surface area (Å²) in [6.45, 7) is 2.24. The Balaban J connectivity index is 1.76. The lowest BCUT2D eigenvalue weighted by Crippen LogP contribution is -2.23. The third-order valence-corrected chi connectivity index (χ3v) is 2.96. The number of ether oxygens (including phenoxy) is 1. The van der Waals surface area contributed by atoms with Gasteiger partial charge in [0.2, 0.25) is 0 Å². The first-order valence-electron chi connectivity index (χ1n) is 6.06. The van der Waals surface area contributed by atoms with Crippen LogP contribution in [0.2, 0.25) is 0 Å². The predicted octanol–water partition coefficient (Wildman–Crippen LogP) is 1.85. The first kappa shape index (κ1) is 12.8. The van der Waals surface area contributed by atoms with Crippen molar-refractivity contribution in [2.75, 3.05) is 31.7 Å². The number of aromatic nitrogens is 1. The monoisotopic (exact) mass is 251 g/mol. The molecular formula is C12H17N3O3. The summed E-state index contributed by atoms with van der Waals surface area (Å²) in [5.74, 6) is 1.49. The maximum absolute atomic E-state index is 10.5. The van der Waals surface area contributed by atoms with Crippen LogP contribution in [-0.2, 0) is 4.74 Å². The molecule has 1 heterocycles. The van der Waals surface area contributed by atoms with Gasteiger partial charge < -0.3 is 9.64 Å². The van der Waals surface area contributed by atoms with E-state index in [2.05, 4.69) is 4.98 Å². The molecule has 0 atom stereocenters. The fraction of sp³-hybridized carbons (Fsp3) is 0.583. The van der Waals surface area contributed by atoms with Gasteiger partial charge in [-0.15, -0.1) is 0 Å². The Bertz CT molecular complexity index is 404. The van der Waals surface area contributed by atoms with Crippen molar-refractivity contribution in [3.63, 3.8) is 0 Å². The van der Waals surface area contributed by atoms with Crippen molar-refractivity contribution in [1.82, 2.24) is 4.98 Å². The van der Waals surface area contributed by atoms with Crippen LogP contribution in [0.3, 0.4) is 0 Å². The first-order chi connectivity index (χ1) is 8.66. The van der Waals surface area contributed by atoms with Crippen LogP contribution in [0.25, 0.3) is 0 Å². The minimum absolute atomic E-state index is 0.0112. The van der Waals surface area contributed by atoms with Crippen molar-refractivity contribution in [3.8, 4) is 0 Å². The highest BCUT2D eigenvalue weighted by Gasteiger charge is 2.21. The molecule has 0 aromatic carbocycles. The second-order valence-electron chi connectivity index (χ2n) is 4.57. The van der Waals surface area contributed by atoms with Gasteiger partial charge in [-0.2, -0.15) is 0 Å². The van der Waals surface area contributed by atoms with Crippen LogP contribution < -0.4 is 4.90 Å². The zero-order valence-electron chi connectivity index (χ0n) is 10.4. The van der Waals surface area contributed by atoms with Crippen LogP contribution in [0.4, 0.5) is 11.5 Å². The number of pyridine rings is 1. The molecule has 0 unspecified atom stereocenters. The second-order valence-corrected chi connectivity index (χ2v) is 4.57. The van der Waals surface area contributed by atoms with Gasteiger partial charge in [0.1, 0.15) is 12.0 Å². The van der Waals surface area contributed by atoms with Gasteiger partial charge in [0.05, 0.1) is 11.5 Å². The zero-order valence-corrected chi connectivity index (χ0v) is 10.4. The number of hydrogen-bond acceptors (Lipinski definition) is 5. The lowest BCUT2D eigenvalue weighted by molar-refractivity contribution is -0.385. The van der Waals surface area contributed by atoms with Crippen molar-refractivity contribution in [2.24, 2.45) is 5.92 Å². The van der Waals surface area contributed by atoms with E-state index in [1.807, 2.05) is 11.9 Å². The summed E-state index contributed by atoms with van der Waals surface area (Å²) >= 11 is 0. The van der Waals surface area contributed by atoms with Crippen molar-refractivity contribution < 1.29 is 9.66 Å². The van der Waals surface area contributed by atoms with Crippen LogP contribution in [0, 0.1) is 16.0 Å². The van der Waals surface area contributed by atoms with E-state index in [9.17, 15) is 10.1 Å². The molecule has 98 valence electrons. The van der Waals surface area contributed by atoms with Crippen LogP contribution in [0.5, 0.6) is 0 Å². The van der Waals surface area contributed by atoms with Crippen LogP contribution in [0.15, 0.2) is 18.3 Å². The van der Waals surface area contributed by atoms with Gasteiger partial charge >= 0.3 is 0 Å². The molecule has 0 N–H and O–H groups in total. The molecule has 1 aromatic heterocycles. The summed E-state index contributed by atoms with van der Waals surface area (Å²) < 4.78 is 5.53. The molecule has 6 heteroatoms. The van der Waals surface area contributed by atoms with Gasteiger partial charge in [0.15, 0.2) is 0 Å². The van der Waals surface area contributed by atoms with Crippen molar-refractivity contribution >= 4 is 11.5 Å². The molecule has 1 aliphatic rings. The molecule has 0 amide bonds. The van der Waals surface area contributed by atoms with Crippen molar-refractivity contribution in [3.05, 3.63) is 28.4 Å². The highest BCUT2D eigenvalue weighted by Crippen LogP contribution is 2.28. The molecule has 1 saturated carbocycles. The van der Waals surface area contributed by atoms with E-state index in [4.69, 9.17) is 4.74 Å². The SMILES string of the molecule is CN(CCOCC1CC1)c1ccc([N+](=O)[O-])cn1. The van der Waals surface area contributed by atoms with Crippen LogP contribution in [-0.4, -0.2) is 36.7 Å². The zero-order chi connectivity index (χ0) is 13.0. The number of anilines is 1. The summed E-state index contributed by atoms with van der Waals surface area (Å²) in [5, 5.41) is 10.5. The molecule has 0 aliphatic heterocycles. The number of likely N-dealkylation sites (N-methyl/N-ethyl adjacent to an activating group) is 1. The maximum Gasteiger partial charge on any atom is 0.287 e. The molecule has 0 spiro atoms. The molecule has 6 nitrogen and oxygen atoms in total. The van der Waals surface area contributed by atoms with E-state index in [0.29, 0.717) is 6.61 Å². The van der Waals surface area contributed by atoms with Crippen molar-refractivity contribution in [2.45, 2.75) is 12.8 Å². The second kappa shape index (κ2) is 5.77. The number of hydrogen-bond donors (Lipinski definition) is 0. The predicted molar refractivity (Wildman–Crippen MR) is 67.7 cm³/mol. The summed E-state index contributed by atoms with van der Waals surface area (Å²) in [6, 6.07) is 3.11. The van der Waals surface area contributed by atoms with Crippen LogP contribution >= 0.6 is 0 Å². The number of rotatable bonds is 7. The van der Waals surface area contributed by atoms with E-state index >= 15 is 0 Å². The molecule has 0 saturated heterocycles. The van der Waals surface area contributed by atoms with Gasteiger partial charge in [-0.05, 0) is 24.8 Å². The Hall–Kier alpha value is -1.69. The third kappa shape index (κ3) is 3.66. The fourth-order valence-corrected chi connectivity index (χ4v) is 1.56. The van der Waals surface area contributed by atoms with Gasteiger partial charge in [-0.3, -0.25) is 10.1 Å². The summed E-state index contributed by atoms with van der Waals surface area (Å²) in [7, 11) is 1.90. The van der Waals surface area contributed by atoms with Crippen LogP contribution in [0.1, 0.15) is 12.8 Å². The Morgan fingerprint density at radius 1 is 1.56 bits per heavy atom. The van der Waals surface area contributed by atoms with E-state index in [1.165, 1.54) is 25.1 Å². The largest absolute Gasteiger partial charge is 0.379 e. The molecule has 0 bridgehead atoms. The van der Waals surface area contributed by atoms with E-state index in [1.54, 1.807) is 6.07 Å². The minimum atomic E-state index is -0.449. The van der Waals surface area contributed by atoms with Crippen molar-refractivity contribution in [1.29, 1.82) is 0 Å². The van der Waals surface area contributed by atoms with E-state index in [0.717, 1.165) is 24.9 Å². The Kier molecular flexibility index (Phi) is 4.09. The average molecular weight is 251 g/mol. The van der Waals surface area contributed by atoms with Gasteiger partial charge in [-0.1, -0.05) is 0 Å². The molecule has 1 aliphatic carbocycles. The molecule has 2 rings (SSSR count). The summed E-state index contributed by atoms with van der Waals surface area (Å²) in [6.07, 6.45) is 3.86. The number of nitro groups is 1. The minimum Gasteiger partial charge on any atom is -0.379 e. The highest BCUT2D eigenvalue weighted by atomic mass is 16.6. The van der Waals surface area contributed by atoms with E-state index in [-0.39, 0.29) is 5.69 Å². The lowest BCUT2D eigenvalue weighted by atomic mass is 10.4. The standard InChI is InChI=1S/C12H17N3O3/c1-14(6-7-18-9-10-2-3-10)12-5-4-11(8-13-12)15(16)17/h4-5,8,10H,2-3,6-7,9H2,1H3. The number of nitrogens with zero attached hydrogens (tertiary/aromatic N) is 3. The fourth-order valence-electron chi connectivity index (χ4n) is 1.56.